The molecule has 1 N–H and O–H groups in total. The average Bonchev–Trinajstić information content (AvgIpc) is 2.67. The largest absolute Gasteiger partial charge is 0.486 e. The van der Waals surface area contributed by atoms with Crippen LogP contribution in [0.1, 0.15) is 6.42 Å². The number of carbonyl (C=O) groups is 1. The highest BCUT2D eigenvalue weighted by Gasteiger charge is 2.20. The van der Waals surface area contributed by atoms with Crippen LogP contribution in [0.4, 0.5) is 14.5 Å². The zero-order valence-corrected chi connectivity index (χ0v) is 15.4. The molecule has 0 fully saturated rings. The summed E-state index contributed by atoms with van der Waals surface area (Å²) in [5.41, 5.74) is 0.336. The number of carbonyl (C=O) groups excluding carboxylic acids is 1. The molecule has 0 saturated heterocycles. The minimum absolute atomic E-state index is 0.0399. The van der Waals surface area contributed by atoms with Crippen LogP contribution in [0.2, 0.25) is 0 Å². The zero-order valence-electron chi connectivity index (χ0n) is 14.6. The number of anilines is 1. The summed E-state index contributed by atoms with van der Waals surface area (Å²) in [6, 6.07) is 9.60. The smallest absolute Gasteiger partial charge is 0.387 e. The minimum atomic E-state index is -3.70. The van der Waals surface area contributed by atoms with Crippen LogP contribution in [-0.2, 0) is 14.6 Å². The van der Waals surface area contributed by atoms with E-state index in [1.54, 1.807) is 0 Å². The second-order valence-corrected chi connectivity index (χ2v) is 7.93. The molecule has 0 bridgehead atoms. The van der Waals surface area contributed by atoms with Crippen molar-refractivity contribution in [3.63, 3.8) is 0 Å². The molecule has 1 heterocycles. The average molecular weight is 413 g/mol. The summed E-state index contributed by atoms with van der Waals surface area (Å²) < 4.78 is 64.1. The first-order valence-electron chi connectivity index (χ1n) is 8.31. The van der Waals surface area contributed by atoms with Crippen molar-refractivity contribution in [1.82, 2.24) is 0 Å². The quantitative estimate of drug-likeness (QED) is 0.751. The van der Waals surface area contributed by atoms with Crippen molar-refractivity contribution in [3.05, 3.63) is 42.5 Å². The molecule has 150 valence electrons. The third-order valence-corrected chi connectivity index (χ3v) is 5.55. The fourth-order valence-electron chi connectivity index (χ4n) is 2.51. The lowest BCUT2D eigenvalue weighted by Gasteiger charge is -2.18. The monoisotopic (exact) mass is 413 g/mol. The molecule has 0 unspecified atom stereocenters. The van der Waals surface area contributed by atoms with E-state index < -0.39 is 28.1 Å². The lowest BCUT2D eigenvalue weighted by Crippen LogP contribution is -2.18. The minimum Gasteiger partial charge on any atom is -0.486 e. The molecule has 0 aromatic heterocycles. The number of sulfone groups is 1. The van der Waals surface area contributed by atoms with Gasteiger partial charge in [-0.25, -0.2) is 8.42 Å². The second-order valence-electron chi connectivity index (χ2n) is 5.83. The van der Waals surface area contributed by atoms with E-state index >= 15 is 0 Å². The van der Waals surface area contributed by atoms with Gasteiger partial charge in [-0.1, -0.05) is 0 Å². The van der Waals surface area contributed by atoms with Gasteiger partial charge in [-0.3, -0.25) is 4.79 Å². The van der Waals surface area contributed by atoms with Crippen molar-refractivity contribution in [1.29, 1.82) is 0 Å². The Kier molecular flexibility index (Phi) is 5.98. The number of fused-ring (bicyclic) bond motifs is 1. The first-order chi connectivity index (χ1) is 13.3. The van der Waals surface area contributed by atoms with Gasteiger partial charge < -0.3 is 19.5 Å². The third-order valence-electron chi connectivity index (χ3n) is 3.83. The molecule has 1 aliphatic heterocycles. The van der Waals surface area contributed by atoms with Gasteiger partial charge in [0.25, 0.3) is 0 Å². The van der Waals surface area contributed by atoms with Gasteiger partial charge in [0, 0.05) is 18.2 Å². The number of benzene rings is 2. The summed E-state index contributed by atoms with van der Waals surface area (Å²) in [7, 11) is -3.70. The Balaban J connectivity index is 1.57. The molecule has 28 heavy (non-hydrogen) atoms. The topological polar surface area (TPSA) is 90.9 Å². The normalized spacial score (nSPS) is 13.2. The molecule has 2 aromatic rings. The lowest BCUT2D eigenvalue weighted by molar-refractivity contribution is -0.115. The van der Waals surface area contributed by atoms with Gasteiger partial charge in [-0.2, -0.15) is 8.78 Å². The summed E-state index contributed by atoms with van der Waals surface area (Å²) in [4.78, 5) is 12.1. The number of ether oxygens (including phenoxy) is 3. The molecule has 2 aromatic carbocycles. The van der Waals surface area contributed by atoms with Gasteiger partial charge in [-0.05, 0) is 36.4 Å². The van der Waals surface area contributed by atoms with Crippen LogP contribution in [-0.4, -0.2) is 39.9 Å². The van der Waals surface area contributed by atoms with Crippen molar-refractivity contribution in [2.24, 2.45) is 0 Å². The van der Waals surface area contributed by atoms with Crippen LogP contribution in [0.25, 0.3) is 0 Å². The number of alkyl halides is 2. The van der Waals surface area contributed by atoms with Crippen LogP contribution in [0.5, 0.6) is 17.2 Å². The van der Waals surface area contributed by atoms with E-state index in [0.29, 0.717) is 30.4 Å². The van der Waals surface area contributed by atoms with Crippen molar-refractivity contribution >= 4 is 21.4 Å². The van der Waals surface area contributed by atoms with Crippen molar-refractivity contribution in [2.45, 2.75) is 17.9 Å². The molecule has 1 amide bonds. The molecule has 10 heteroatoms. The Morgan fingerprint density at radius 2 is 1.75 bits per heavy atom. The Morgan fingerprint density at radius 3 is 2.43 bits per heavy atom. The lowest BCUT2D eigenvalue weighted by atomic mass is 10.3. The Bertz CT molecular complexity index is 947. The van der Waals surface area contributed by atoms with E-state index in [-0.39, 0.29) is 17.1 Å². The van der Waals surface area contributed by atoms with Gasteiger partial charge in [-0.15, -0.1) is 0 Å². The number of hydrogen-bond donors (Lipinski definition) is 1. The molecule has 0 aliphatic carbocycles. The van der Waals surface area contributed by atoms with E-state index in [0.717, 1.165) is 0 Å². The molecule has 3 rings (SSSR count). The number of rotatable bonds is 7. The van der Waals surface area contributed by atoms with E-state index in [4.69, 9.17) is 9.47 Å². The van der Waals surface area contributed by atoms with Gasteiger partial charge in [0.15, 0.2) is 21.3 Å². The second kappa shape index (κ2) is 8.42. The summed E-state index contributed by atoms with van der Waals surface area (Å²) >= 11 is 0. The number of nitrogens with one attached hydrogen (secondary N) is 1. The molecular weight excluding hydrogens is 396 g/mol. The van der Waals surface area contributed by atoms with Gasteiger partial charge in [0.1, 0.15) is 19.0 Å². The molecule has 0 spiro atoms. The van der Waals surface area contributed by atoms with Crippen LogP contribution in [0.15, 0.2) is 47.4 Å². The molecule has 1 aliphatic rings. The summed E-state index contributed by atoms with van der Waals surface area (Å²) in [5.74, 6) is -0.145. The van der Waals surface area contributed by atoms with Gasteiger partial charge in [0.2, 0.25) is 5.91 Å². The van der Waals surface area contributed by atoms with Crippen LogP contribution in [0.3, 0.4) is 0 Å². The van der Waals surface area contributed by atoms with E-state index in [9.17, 15) is 22.0 Å². The SMILES string of the molecule is O=C(CCS(=O)(=O)c1ccc2c(c1)OCCO2)Nc1ccc(OC(F)F)cc1. The maximum absolute atomic E-state index is 12.5. The Labute approximate surface area is 160 Å². The first kappa shape index (κ1) is 19.9. The van der Waals surface area contributed by atoms with Crippen LogP contribution >= 0.6 is 0 Å². The van der Waals surface area contributed by atoms with Crippen molar-refractivity contribution in [2.75, 3.05) is 24.3 Å². The fraction of sp³-hybridized carbons (Fsp3) is 0.278. The van der Waals surface area contributed by atoms with Crippen LogP contribution < -0.4 is 19.5 Å². The third kappa shape index (κ3) is 5.10. The van der Waals surface area contributed by atoms with Gasteiger partial charge >= 0.3 is 6.61 Å². The van der Waals surface area contributed by atoms with Crippen LogP contribution in [0, 0.1) is 0 Å². The van der Waals surface area contributed by atoms with Crippen molar-refractivity contribution in [3.8, 4) is 17.2 Å². The Morgan fingerprint density at radius 1 is 1.07 bits per heavy atom. The van der Waals surface area contributed by atoms with Crippen molar-refractivity contribution < 1.29 is 36.2 Å². The predicted molar refractivity (Wildman–Crippen MR) is 95.8 cm³/mol. The Hall–Kier alpha value is -2.88. The number of amides is 1. The molecule has 7 nitrogen and oxygen atoms in total. The summed E-state index contributed by atoms with van der Waals surface area (Å²) in [5, 5.41) is 2.51. The van der Waals surface area contributed by atoms with E-state index in [1.807, 2.05) is 0 Å². The predicted octanol–water partition coefficient (Wildman–Crippen LogP) is 2.86. The number of halogens is 2. The number of hydrogen-bond acceptors (Lipinski definition) is 6. The fourth-order valence-corrected chi connectivity index (χ4v) is 3.76. The maximum Gasteiger partial charge on any atom is 0.387 e. The highest BCUT2D eigenvalue weighted by atomic mass is 32.2. The maximum atomic E-state index is 12.5. The molecule has 0 atom stereocenters. The highest BCUT2D eigenvalue weighted by molar-refractivity contribution is 7.91. The highest BCUT2D eigenvalue weighted by Crippen LogP contribution is 2.32. The molecule has 0 saturated carbocycles. The standard InChI is InChI=1S/C18H17F2NO6S/c19-18(20)27-13-3-1-12(2-4-13)21-17(22)7-10-28(23,24)14-5-6-15-16(11-14)26-9-8-25-15/h1-6,11,18H,7-10H2,(H,21,22). The first-order valence-corrected chi connectivity index (χ1v) is 9.96. The molecular formula is C18H17F2NO6S. The summed E-state index contributed by atoms with van der Waals surface area (Å²) in [6.45, 7) is -2.21. The molecule has 0 radical (unpaired) electrons. The summed E-state index contributed by atoms with van der Waals surface area (Å²) in [6.07, 6.45) is -0.272. The van der Waals surface area contributed by atoms with E-state index in [2.05, 4.69) is 10.1 Å². The van der Waals surface area contributed by atoms with Gasteiger partial charge in [0.05, 0.1) is 10.6 Å². The van der Waals surface area contributed by atoms with E-state index in [1.165, 1.54) is 42.5 Å². The zero-order chi connectivity index (χ0) is 20.1.